The van der Waals surface area contributed by atoms with Crippen LogP contribution in [-0.4, -0.2) is 61.9 Å². The normalized spacial score (nSPS) is 15.2. The summed E-state index contributed by atoms with van der Waals surface area (Å²) >= 11 is 0. The lowest BCUT2D eigenvalue weighted by Crippen LogP contribution is -2.36. The van der Waals surface area contributed by atoms with Gasteiger partial charge in [-0.15, -0.1) is 5.10 Å². The fraction of sp³-hybridized carbons (Fsp3) is 0.385. The summed E-state index contributed by atoms with van der Waals surface area (Å²) in [7, 11) is 3.85. The zero-order chi connectivity index (χ0) is 23.9. The number of hydrogen-bond donors (Lipinski definition) is 2. The molecule has 1 aliphatic heterocycles. The van der Waals surface area contributed by atoms with Gasteiger partial charge in [-0.2, -0.15) is 5.10 Å². The van der Waals surface area contributed by atoms with Gasteiger partial charge in [-0.1, -0.05) is 6.07 Å². The van der Waals surface area contributed by atoms with Crippen LogP contribution in [0, 0.1) is 6.92 Å². The summed E-state index contributed by atoms with van der Waals surface area (Å²) in [5.41, 5.74) is 6.37. The van der Waals surface area contributed by atoms with Crippen molar-refractivity contribution in [3.05, 3.63) is 59.4 Å². The first kappa shape index (κ1) is 23.6. The molecule has 3 aromatic rings. The molecule has 2 aromatic heterocycles. The summed E-state index contributed by atoms with van der Waals surface area (Å²) < 4.78 is 5.45. The van der Waals surface area contributed by atoms with Gasteiger partial charge in [0.2, 0.25) is 0 Å². The Kier molecular flexibility index (Phi) is 7.69. The van der Waals surface area contributed by atoms with Crippen molar-refractivity contribution in [3.63, 3.8) is 0 Å². The van der Waals surface area contributed by atoms with E-state index in [9.17, 15) is 4.79 Å². The molecule has 5 rings (SSSR count). The number of morpholine rings is 1. The Bertz CT molecular complexity index is 1130. The second kappa shape index (κ2) is 11.1. The average molecular weight is 461 g/mol. The molecule has 8 nitrogen and oxygen atoms in total. The monoisotopic (exact) mass is 460 g/mol. The number of ether oxygens (including phenoxy) is 1. The number of hydrogen-bond acceptors (Lipinski definition) is 8. The molecule has 2 aliphatic rings. The molecule has 2 fully saturated rings. The second-order valence-electron chi connectivity index (χ2n) is 8.53. The number of aryl methyl sites for hydroxylation is 1. The lowest BCUT2D eigenvalue weighted by Gasteiger charge is -2.28. The van der Waals surface area contributed by atoms with Crippen molar-refractivity contribution in [1.82, 2.24) is 15.2 Å². The highest BCUT2D eigenvalue weighted by Crippen LogP contribution is 2.39. The van der Waals surface area contributed by atoms with Gasteiger partial charge in [-0.3, -0.25) is 4.79 Å². The smallest absolute Gasteiger partial charge is 0.170 e. The minimum Gasteiger partial charge on any atom is -0.388 e. The van der Waals surface area contributed by atoms with Crippen LogP contribution in [0.25, 0.3) is 11.1 Å². The molecular weight excluding hydrogens is 428 g/mol. The zero-order valence-corrected chi connectivity index (χ0v) is 20.0. The molecule has 2 N–H and O–H groups in total. The van der Waals surface area contributed by atoms with E-state index in [4.69, 9.17) is 9.72 Å². The maximum absolute atomic E-state index is 10.3. The van der Waals surface area contributed by atoms with E-state index in [1.807, 2.05) is 20.2 Å². The van der Waals surface area contributed by atoms with Crippen molar-refractivity contribution in [3.8, 4) is 11.1 Å². The molecule has 0 bridgehead atoms. The van der Waals surface area contributed by atoms with Gasteiger partial charge < -0.3 is 20.3 Å². The average Bonchev–Trinajstić information content (AvgIpc) is 3.75. The number of aromatic nitrogens is 3. The minimum atomic E-state index is 0.439. The Balaban J connectivity index is 0.000000207. The molecule has 3 heterocycles. The van der Waals surface area contributed by atoms with Crippen LogP contribution in [-0.2, 0) is 4.74 Å². The fourth-order valence-corrected chi connectivity index (χ4v) is 3.94. The first-order valence-electron chi connectivity index (χ1n) is 11.7. The highest BCUT2D eigenvalue weighted by atomic mass is 16.5. The van der Waals surface area contributed by atoms with Gasteiger partial charge in [0.25, 0.3) is 0 Å². The van der Waals surface area contributed by atoms with Crippen molar-refractivity contribution < 1.29 is 9.53 Å². The van der Waals surface area contributed by atoms with E-state index in [0.29, 0.717) is 11.6 Å². The van der Waals surface area contributed by atoms with Gasteiger partial charge >= 0.3 is 0 Å². The van der Waals surface area contributed by atoms with Gasteiger partial charge in [0.15, 0.2) is 6.29 Å². The Morgan fingerprint density at radius 3 is 2.53 bits per heavy atom. The van der Waals surface area contributed by atoms with Crippen LogP contribution in [0.4, 0.5) is 17.3 Å². The predicted octanol–water partition coefficient (Wildman–Crippen LogP) is 4.14. The molecule has 1 aromatic carbocycles. The number of nitrogens with zero attached hydrogens (tertiary/aromatic N) is 4. The van der Waals surface area contributed by atoms with Crippen LogP contribution >= 0.6 is 0 Å². The molecule has 1 saturated carbocycles. The minimum absolute atomic E-state index is 0.439. The zero-order valence-electron chi connectivity index (χ0n) is 20.0. The lowest BCUT2D eigenvalue weighted by atomic mass is 10.00. The van der Waals surface area contributed by atoms with E-state index >= 15 is 0 Å². The summed E-state index contributed by atoms with van der Waals surface area (Å²) in [6, 6.07) is 12.5. The van der Waals surface area contributed by atoms with Crippen molar-refractivity contribution in [1.29, 1.82) is 0 Å². The number of benzene rings is 1. The molecule has 1 saturated heterocycles. The number of pyridine rings is 1. The van der Waals surface area contributed by atoms with E-state index in [-0.39, 0.29) is 0 Å². The van der Waals surface area contributed by atoms with E-state index in [0.717, 1.165) is 55.5 Å². The molecule has 34 heavy (non-hydrogen) atoms. The van der Waals surface area contributed by atoms with Crippen LogP contribution in [0.5, 0.6) is 0 Å². The number of carbonyl (C=O) groups is 1. The van der Waals surface area contributed by atoms with Gasteiger partial charge in [0.1, 0.15) is 17.3 Å². The molecular formula is C26H32N6O2. The number of anilines is 3. The molecule has 178 valence electrons. The first-order chi connectivity index (χ1) is 16.6. The number of rotatable bonds is 6. The van der Waals surface area contributed by atoms with Gasteiger partial charge in [-0.05, 0) is 78.3 Å². The van der Waals surface area contributed by atoms with Gasteiger partial charge in [0, 0.05) is 32.9 Å². The van der Waals surface area contributed by atoms with E-state index in [1.54, 1.807) is 6.20 Å². The Morgan fingerprint density at radius 2 is 1.85 bits per heavy atom. The third-order valence-electron chi connectivity index (χ3n) is 6.10. The lowest BCUT2D eigenvalue weighted by molar-refractivity contribution is 0.111. The van der Waals surface area contributed by atoms with Crippen LogP contribution in [0.2, 0.25) is 0 Å². The summed E-state index contributed by atoms with van der Waals surface area (Å²) in [6.45, 7) is 5.43. The Hall–Kier alpha value is -3.52. The Morgan fingerprint density at radius 1 is 1.06 bits per heavy atom. The van der Waals surface area contributed by atoms with Crippen LogP contribution in [0.3, 0.4) is 0 Å². The van der Waals surface area contributed by atoms with E-state index in [2.05, 4.69) is 63.0 Å². The highest BCUT2D eigenvalue weighted by Gasteiger charge is 2.24. The third kappa shape index (κ3) is 5.88. The number of nitrogens with one attached hydrogen (secondary N) is 2. The van der Waals surface area contributed by atoms with Gasteiger partial charge in [-0.25, -0.2) is 4.98 Å². The summed E-state index contributed by atoms with van der Waals surface area (Å²) in [4.78, 5) is 17.3. The van der Waals surface area contributed by atoms with Crippen molar-refractivity contribution >= 4 is 23.6 Å². The van der Waals surface area contributed by atoms with E-state index < -0.39 is 0 Å². The summed E-state index contributed by atoms with van der Waals surface area (Å²) in [6.07, 6.45) is 4.93. The first-order valence-corrected chi connectivity index (χ1v) is 11.7. The van der Waals surface area contributed by atoms with E-state index in [1.165, 1.54) is 29.5 Å². The van der Waals surface area contributed by atoms with Crippen LogP contribution in [0.1, 0.15) is 40.4 Å². The van der Waals surface area contributed by atoms with Crippen molar-refractivity contribution in [2.45, 2.75) is 25.7 Å². The van der Waals surface area contributed by atoms with Crippen LogP contribution in [0.15, 0.2) is 42.6 Å². The largest absolute Gasteiger partial charge is 0.388 e. The standard InChI is InChI=1S/C18H24N4O.C8H8N2O/c1-13-4-5-15(19-2)12-16(13)14-10-17(20-3)21-18(11-14)22-6-8-23-9-7-22;11-5-8-3-7(4-9-10-8)6-1-2-6/h4-5,10-12,19H,6-9H2,1-3H3,(H,20,21);3-6H,1-2H2. The molecule has 0 radical (unpaired) electrons. The van der Waals surface area contributed by atoms with Gasteiger partial charge in [0.05, 0.1) is 19.4 Å². The number of aldehydes is 1. The maximum Gasteiger partial charge on any atom is 0.170 e. The summed E-state index contributed by atoms with van der Waals surface area (Å²) in [5.74, 6) is 2.53. The topological polar surface area (TPSA) is 92.3 Å². The molecule has 0 spiro atoms. The molecule has 0 atom stereocenters. The number of carbonyl (C=O) groups excluding carboxylic acids is 1. The quantitative estimate of drug-likeness (QED) is 0.530. The predicted molar refractivity (Wildman–Crippen MR) is 136 cm³/mol. The SMILES string of the molecule is CNc1ccc(C)c(-c2cc(NC)nc(N3CCOCC3)c2)c1.O=Cc1cc(C2CC2)cnn1. The van der Waals surface area contributed by atoms with Crippen LogP contribution < -0.4 is 15.5 Å². The third-order valence-corrected chi connectivity index (χ3v) is 6.10. The van der Waals surface area contributed by atoms with Crippen molar-refractivity contribution in [2.24, 2.45) is 0 Å². The fourth-order valence-electron chi connectivity index (χ4n) is 3.94. The summed E-state index contributed by atoms with van der Waals surface area (Å²) in [5, 5.41) is 13.8. The maximum atomic E-state index is 10.3. The Labute approximate surface area is 200 Å². The molecule has 8 heteroatoms. The second-order valence-corrected chi connectivity index (χ2v) is 8.53. The molecule has 0 unspecified atom stereocenters. The molecule has 0 amide bonds. The molecule has 1 aliphatic carbocycles. The van der Waals surface area contributed by atoms with Crippen molar-refractivity contribution in [2.75, 3.05) is 55.9 Å². The highest BCUT2D eigenvalue weighted by molar-refractivity contribution is 5.76.